The van der Waals surface area contributed by atoms with Crippen LogP contribution in [0.5, 0.6) is 0 Å². The average Bonchev–Trinajstić information content (AvgIpc) is 2.88. The molecule has 2 rings (SSSR count). The highest BCUT2D eigenvalue weighted by Crippen LogP contribution is 2.30. The van der Waals surface area contributed by atoms with Gasteiger partial charge in [0.15, 0.2) is 0 Å². The molecule has 1 fully saturated rings. The van der Waals surface area contributed by atoms with E-state index in [-0.39, 0.29) is 18.4 Å². The summed E-state index contributed by atoms with van der Waals surface area (Å²) in [7, 11) is 0. The van der Waals surface area contributed by atoms with Crippen molar-refractivity contribution in [3.8, 4) is 0 Å². The maximum atomic E-state index is 12.0. The van der Waals surface area contributed by atoms with E-state index >= 15 is 0 Å². The third-order valence-electron chi connectivity index (χ3n) is 3.14. The number of aliphatic hydroxyl groups excluding tert-OH is 1. The van der Waals surface area contributed by atoms with Crippen LogP contribution in [0.2, 0.25) is 10.0 Å². The number of hydrogen-bond acceptors (Lipinski definition) is 3. The summed E-state index contributed by atoms with van der Waals surface area (Å²) in [5.41, 5.74) is 0. The summed E-state index contributed by atoms with van der Waals surface area (Å²) in [4.78, 5) is 14.6. The lowest BCUT2D eigenvalue weighted by Gasteiger charge is -2.16. The van der Waals surface area contributed by atoms with Crippen molar-refractivity contribution in [1.82, 2.24) is 4.90 Å². The standard InChI is InChI=1S/C13H15Cl2NO2S/c14-10-1-2-11(15)12(5-10)19-8-13(18)16-4-3-9(6-16)7-17/h1-2,5,9,17H,3-4,6-8H2. The van der Waals surface area contributed by atoms with Crippen LogP contribution in [-0.4, -0.2) is 41.4 Å². The molecule has 1 atom stereocenters. The van der Waals surface area contributed by atoms with Crippen LogP contribution in [0.15, 0.2) is 23.1 Å². The summed E-state index contributed by atoms with van der Waals surface area (Å²) >= 11 is 13.3. The second-order valence-corrected chi connectivity index (χ2v) is 6.40. The van der Waals surface area contributed by atoms with Crippen molar-refractivity contribution in [2.75, 3.05) is 25.4 Å². The summed E-state index contributed by atoms with van der Waals surface area (Å²) in [6.07, 6.45) is 0.880. The van der Waals surface area contributed by atoms with E-state index < -0.39 is 0 Å². The van der Waals surface area contributed by atoms with Gasteiger partial charge in [0.05, 0.1) is 10.8 Å². The normalized spacial score (nSPS) is 18.9. The minimum atomic E-state index is 0.0805. The lowest BCUT2D eigenvalue weighted by Crippen LogP contribution is -2.30. The van der Waals surface area contributed by atoms with Crippen molar-refractivity contribution in [3.63, 3.8) is 0 Å². The maximum Gasteiger partial charge on any atom is 0.232 e. The Morgan fingerprint density at radius 1 is 1.47 bits per heavy atom. The van der Waals surface area contributed by atoms with Crippen molar-refractivity contribution >= 4 is 40.9 Å². The first-order valence-electron chi connectivity index (χ1n) is 6.06. The molecule has 1 saturated heterocycles. The quantitative estimate of drug-likeness (QED) is 0.867. The molecule has 3 nitrogen and oxygen atoms in total. The Labute approximate surface area is 126 Å². The van der Waals surface area contributed by atoms with Gasteiger partial charge in [0.1, 0.15) is 0 Å². The van der Waals surface area contributed by atoms with E-state index in [2.05, 4.69) is 0 Å². The van der Waals surface area contributed by atoms with E-state index in [0.29, 0.717) is 22.3 Å². The van der Waals surface area contributed by atoms with Gasteiger partial charge in [-0.25, -0.2) is 0 Å². The molecule has 1 aromatic rings. The molecule has 0 aromatic heterocycles. The van der Waals surface area contributed by atoms with E-state index in [1.165, 1.54) is 11.8 Å². The van der Waals surface area contributed by atoms with Gasteiger partial charge in [-0.05, 0) is 24.6 Å². The number of thioether (sulfide) groups is 1. The van der Waals surface area contributed by atoms with Gasteiger partial charge in [-0.15, -0.1) is 11.8 Å². The molecular formula is C13H15Cl2NO2S. The number of carbonyl (C=O) groups excluding carboxylic acids is 1. The summed E-state index contributed by atoms with van der Waals surface area (Å²) < 4.78 is 0. The van der Waals surface area contributed by atoms with Gasteiger partial charge in [-0.1, -0.05) is 23.2 Å². The molecule has 6 heteroatoms. The van der Waals surface area contributed by atoms with Crippen LogP contribution in [0.4, 0.5) is 0 Å². The van der Waals surface area contributed by atoms with Gasteiger partial charge in [0.2, 0.25) is 5.91 Å². The molecular weight excluding hydrogens is 305 g/mol. The third-order valence-corrected chi connectivity index (χ3v) is 4.86. The van der Waals surface area contributed by atoms with Crippen LogP contribution in [0.3, 0.4) is 0 Å². The molecule has 0 bridgehead atoms. The summed E-state index contributed by atoms with van der Waals surface area (Å²) in [6, 6.07) is 5.22. The fourth-order valence-corrected chi connectivity index (χ4v) is 3.42. The molecule has 0 aliphatic carbocycles. The Balaban J connectivity index is 1.88. The fraction of sp³-hybridized carbons (Fsp3) is 0.462. The SMILES string of the molecule is O=C(CSc1cc(Cl)ccc1Cl)N1CCC(CO)C1. The molecule has 19 heavy (non-hydrogen) atoms. The highest BCUT2D eigenvalue weighted by molar-refractivity contribution is 8.00. The molecule has 0 saturated carbocycles. The molecule has 104 valence electrons. The van der Waals surface area contributed by atoms with Crippen molar-refractivity contribution in [1.29, 1.82) is 0 Å². The topological polar surface area (TPSA) is 40.5 Å². The number of rotatable bonds is 4. The molecule has 1 aromatic carbocycles. The number of halogens is 2. The second kappa shape index (κ2) is 6.84. The van der Waals surface area contributed by atoms with Crippen molar-refractivity contribution in [2.45, 2.75) is 11.3 Å². The monoisotopic (exact) mass is 319 g/mol. The van der Waals surface area contributed by atoms with Crippen LogP contribution in [0.25, 0.3) is 0 Å². The zero-order valence-electron chi connectivity index (χ0n) is 10.3. The smallest absolute Gasteiger partial charge is 0.232 e. The number of likely N-dealkylation sites (tertiary alicyclic amines) is 1. The maximum absolute atomic E-state index is 12.0. The molecule has 0 radical (unpaired) electrons. The summed E-state index contributed by atoms with van der Waals surface area (Å²) in [5, 5.41) is 10.3. The van der Waals surface area contributed by atoms with E-state index in [9.17, 15) is 4.79 Å². The zero-order chi connectivity index (χ0) is 13.8. The largest absolute Gasteiger partial charge is 0.396 e. The first-order chi connectivity index (χ1) is 9.10. The number of hydrogen-bond donors (Lipinski definition) is 1. The van der Waals surface area contributed by atoms with Crippen LogP contribution >= 0.6 is 35.0 Å². The van der Waals surface area contributed by atoms with Crippen molar-refractivity contribution in [2.24, 2.45) is 5.92 Å². The molecule has 1 heterocycles. The molecule has 1 unspecified atom stereocenters. The Bertz CT molecular complexity index is 470. The van der Waals surface area contributed by atoms with Gasteiger partial charge >= 0.3 is 0 Å². The lowest BCUT2D eigenvalue weighted by atomic mass is 10.1. The van der Waals surface area contributed by atoms with Crippen LogP contribution in [0.1, 0.15) is 6.42 Å². The van der Waals surface area contributed by atoms with Gasteiger partial charge in [-0.2, -0.15) is 0 Å². The zero-order valence-corrected chi connectivity index (χ0v) is 12.6. The van der Waals surface area contributed by atoms with Gasteiger partial charge in [0, 0.05) is 35.5 Å². The Morgan fingerprint density at radius 3 is 2.95 bits per heavy atom. The minimum absolute atomic E-state index is 0.0805. The van der Waals surface area contributed by atoms with Crippen LogP contribution in [0, 0.1) is 5.92 Å². The van der Waals surface area contributed by atoms with Crippen LogP contribution in [-0.2, 0) is 4.79 Å². The number of aliphatic hydroxyl groups is 1. The molecule has 1 N–H and O–H groups in total. The molecule has 1 amide bonds. The highest BCUT2D eigenvalue weighted by atomic mass is 35.5. The fourth-order valence-electron chi connectivity index (χ4n) is 2.03. The predicted molar refractivity (Wildman–Crippen MR) is 79.0 cm³/mol. The van der Waals surface area contributed by atoms with Gasteiger partial charge in [-0.3, -0.25) is 4.79 Å². The summed E-state index contributed by atoms with van der Waals surface area (Å²) in [6.45, 7) is 1.53. The number of carbonyl (C=O) groups is 1. The molecule has 1 aliphatic rings. The molecule has 0 spiro atoms. The molecule has 1 aliphatic heterocycles. The van der Waals surface area contributed by atoms with E-state index in [1.807, 2.05) is 0 Å². The van der Waals surface area contributed by atoms with E-state index in [1.54, 1.807) is 23.1 Å². The number of benzene rings is 1. The van der Waals surface area contributed by atoms with Gasteiger partial charge < -0.3 is 10.0 Å². The van der Waals surface area contributed by atoms with Crippen LogP contribution < -0.4 is 0 Å². The predicted octanol–water partition coefficient (Wildman–Crippen LogP) is 2.93. The Hall–Kier alpha value is -0.420. The first kappa shape index (κ1) is 15.0. The first-order valence-corrected chi connectivity index (χ1v) is 7.81. The second-order valence-electron chi connectivity index (χ2n) is 4.54. The number of amides is 1. The average molecular weight is 320 g/mol. The van der Waals surface area contributed by atoms with Crippen molar-refractivity contribution < 1.29 is 9.90 Å². The van der Waals surface area contributed by atoms with E-state index in [0.717, 1.165) is 17.9 Å². The third kappa shape index (κ3) is 4.02. The van der Waals surface area contributed by atoms with Crippen molar-refractivity contribution in [3.05, 3.63) is 28.2 Å². The van der Waals surface area contributed by atoms with E-state index in [4.69, 9.17) is 28.3 Å². The highest BCUT2D eigenvalue weighted by Gasteiger charge is 2.25. The Morgan fingerprint density at radius 2 is 2.26 bits per heavy atom. The summed E-state index contributed by atoms with van der Waals surface area (Å²) in [5.74, 6) is 0.652. The minimum Gasteiger partial charge on any atom is -0.396 e. The Kier molecular flexibility index (Phi) is 5.39. The number of nitrogens with zero attached hydrogens (tertiary/aromatic N) is 1. The van der Waals surface area contributed by atoms with Gasteiger partial charge in [0.25, 0.3) is 0 Å². The lowest BCUT2D eigenvalue weighted by molar-refractivity contribution is -0.127.